The number of hydrogen-bond donors (Lipinski definition) is 0. The standard InChI is InChI=1S/C37H48ClFN6O8S2/c1-25-27-13-9-18-44(33(27)42-41-32(25)38)35-40-31(34(46)51-7)30(54-35)14-10-22-52-29-16-15-26(24-28(29)39)12-8-17-43(36(47)53-37(2,3)4)19-21-45(5,6)20-11-23-55(48,49)50/h15-16,24H,9-11,13-14,17-23H2,1-7H3. The Balaban J connectivity index is 1.36. The maximum absolute atomic E-state index is 15.1. The normalized spacial score (nSPS) is 13.1. The molecule has 0 radical (unpaired) electrons. The average molecular weight is 823 g/mol. The molecule has 1 amide bonds. The summed E-state index contributed by atoms with van der Waals surface area (Å²) >= 11 is 7.58. The summed E-state index contributed by atoms with van der Waals surface area (Å²) in [5.41, 5.74) is 1.72. The summed E-state index contributed by atoms with van der Waals surface area (Å²) in [4.78, 5) is 34.3. The molecule has 0 fully saturated rings. The van der Waals surface area contributed by atoms with Crippen molar-refractivity contribution >= 4 is 56.1 Å². The zero-order valence-electron chi connectivity index (χ0n) is 32.2. The van der Waals surface area contributed by atoms with Gasteiger partial charge in [-0.2, -0.15) is 0 Å². The van der Waals surface area contributed by atoms with E-state index in [0.29, 0.717) is 63.5 Å². The van der Waals surface area contributed by atoms with Gasteiger partial charge in [0, 0.05) is 34.7 Å². The van der Waals surface area contributed by atoms with E-state index in [9.17, 15) is 22.6 Å². The number of benzene rings is 1. The van der Waals surface area contributed by atoms with Gasteiger partial charge in [0.15, 0.2) is 33.4 Å². The third kappa shape index (κ3) is 13.0. The minimum Gasteiger partial charge on any atom is -0.748 e. The van der Waals surface area contributed by atoms with Crippen molar-refractivity contribution < 1.29 is 45.6 Å². The van der Waals surface area contributed by atoms with Crippen molar-refractivity contribution in [3.05, 3.63) is 56.4 Å². The van der Waals surface area contributed by atoms with Crippen molar-refractivity contribution in [2.45, 2.75) is 65.4 Å². The van der Waals surface area contributed by atoms with Crippen LogP contribution in [0.25, 0.3) is 0 Å². The molecule has 4 rings (SSSR count). The van der Waals surface area contributed by atoms with Gasteiger partial charge in [0.25, 0.3) is 0 Å². The SMILES string of the molecule is COC(=O)c1nc(N2CCCc3c2nnc(Cl)c3C)sc1CCCOc1ccc(C#CCN(CC[N+](C)(C)CCCS(=O)(=O)[O-])C(=O)OC(C)(C)C)cc1F. The number of thiazole rings is 1. The first-order valence-corrected chi connectivity index (χ1v) is 20.6. The van der Waals surface area contributed by atoms with Crippen LogP contribution in [-0.4, -0.2) is 121 Å². The van der Waals surface area contributed by atoms with Gasteiger partial charge < -0.3 is 28.1 Å². The number of rotatable bonds is 15. The molecule has 300 valence electrons. The largest absolute Gasteiger partial charge is 0.748 e. The number of anilines is 2. The van der Waals surface area contributed by atoms with Crippen molar-refractivity contribution in [3.63, 3.8) is 0 Å². The molecular formula is C37H48ClFN6O8S2. The first-order chi connectivity index (χ1) is 25.8. The lowest BCUT2D eigenvalue weighted by Gasteiger charge is -2.33. The van der Waals surface area contributed by atoms with Crippen molar-refractivity contribution in [3.8, 4) is 17.6 Å². The third-order valence-electron chi connectivity index (χ3n) is 8.65. The Labute approximate surface area is 331 Å². The van der Waals surface area contributed by atoms with E-state index < -0.39 is 39.4 Å². The van der Waals surface area contributed by atoms with Gasteiger partial charge in [0.1, 0.15) is 5.60 Å². The van der Waals surface area contributed by atoms with E-state index in [1.54, 1.807) is 26.8 Å². The van der Waals surface area contributed by atoms with E-state index in [2.05, 4.69) is 27.0 Å². The molecule has 3 heterocycles. The Morgan fingerprint density at radius 2 is 1.93 bits per heavy atom. The molecule has 0 aliphatic carbocycles. The number of halogens is 2. The molecule has 0 saturated heterocycles. The van der Waals surface area contributed by atoms with Crippen LogP contribution in [0.15, 0.2) is 18.2 Å². The smallest absolute Gasteiger partial charge is 0.411 e. The number of likely N-dealkylation sites (N-methyl/N-ethyl adjacent to an activating group) is 1. The summed E-state index contributed by atoms with van der Waals surface area (Å²) < 4.78 is 64.8. The molecular weight excluding hydrogens is 775 g/mol. The second-order valence-electron chi connectivity index (χ2n) is 14.7. The summed E-state index contributed by atoms with van der Waals surface area (Å²) in [5, 5.41) is 9.36. The predicted octanol–water partition coefficient (Wildman–Crippen LogP) is 5.52. The van der Waals surface area contributed by atoms with Crippen LogP contribution in [0.2, 0.25) is 5.15 Å². The van der Waals surface area contributed by atoms with Gasteiger partial charge in [-0.05, 0) is 77.1 Å². The number of fused-ring (bicyclic) bond motifs is 1. The van der Waals surface area contributed by atoms with Gasteiger partial charge in [-0.1, -0.05) is 23.4 Å². The van der Waals surface area contributed by atoms with Crippen LogP contribution in [0, 0.1) is 24.6 Å². The number of amides is 1. The second-order valence-corrected chi connectivity index (χ2v) is 17.7. The van der Waals surface area contributed by atoms with Crippen LogP contribution < -0.4 is 9.64 Å². The van der Waals surface area contributed by atoms with Gasteiger partial charge >= 0.3 is 12.1 Å². The van der Waals surface area contributed by atoms with E-state index in [0.717, 1.165) is 24.0 Å². The molecule has 0 bridgehead atoms. The van der Waals surface area contributed by atoms with Crippen LogP contribution in [-0.2, 0) is 32.4 Å². The van der Waals surface area contributed by atoms with Crippen LogP contribution in [0.1, 0.15) is 72.1 Å². The summed E-state index contributed by atoms with van der Waals surface area (Å²) in [6, 6.07) is 4.36. The van der Waals surface area contributed by atoms with E-state index in [1.807, 2.05) is 25.9 Å². The molecule has 0 saturated carbocycles. The van der Waals surface area contributed by atoms with Crippen molar-refractivity contribution in [1.82, 2.24) is 20.1 Å². The van der Waals surface area contributed by atoms with Gasteiger partial charge in [-0.3, -0.25) is 4.90 Å². The van der Waals surface area contributed by atoms with Crippen LogP contribution >= 0.6 is 22.9 Å². The Morgan fingerprint density at radius 3 is 2.60 bits per heavy atom. The average Bonchev–Trinajstić information content (AvgIpc) is 3.52. The Morgan fingerprint density at radius 1 is 1.18 bits per heavy atom. The topological polar surface area (TPSA) is 164 Å². The zero-order valence-corrected chi connectivity index (χ0v) is 34.6. The molecule has 55 heavy (non-hydrogen) atoms. The zero-order chi connectivity index (χ0) is 40.6. The first-order valence-electron chi connectivity index (χ1n) is 17.8. The van der Waals surface area contributed by atoms with Crippen molar-refractivity contribution in [1.29, 1.82) is 0 Å². The molecule has 0 unspecified atom stereocenters. The minimum absolute atomic E-state index is 0.00222. The number of quaternary nitrogens is 1. The number of carbonyl (C=O) groups is 2. The summed E-state index contributed by atoms with van der Waals surface area (Å²) in [6.45, 7) is 9.11. The molecule has 1 aliphatic heterocycles. The van der Waals surface area contributed by atoms with Crippen LogP contribution in [0.4, 0.5) is 20.1 Å². The van der Waals surface area contributed by atoms with Gasteiger partial charge in [0.2, 0.25) is 0 Å². The quantitative estimate of drug-likeness (QED) is 0.0621. The second kappa shape index (κ2) is 18.7. The lowest BCUT2D eigenvalue weighted by molar-refractivity contribution is -0.889. The Bertz CT molecular complexity index is 2030. The number of ether oxygens (including phenoxy) is 3. The van der Waals surface area contributed by atoms with Gasteiger partial charge in [0.05, 0.1) is 64.1 Å². The van der Waals surface area contributed by atoms with E-state index in [-0.39, 0.29) is 37.6 Å². The highest BCUT2D eigenvalue weighted by Gasteiger charge is 2.29. The lowest BCUT2D eigenvalue weighted by atomic mass is 10.0. The third-order valence-corrected chi connectivity index (χ3v) is 10.9. The molecule has 0 atom stereocenters. The van der Waals surface area contributed by atoms with Crippen molar-refractivity contribution in [2.24, 2.45) is 0 Å². The van der Waals surface area contributed by atoms with E-state index >= 15 is 4.39 Å². The molecule has 1 aliphatic rings. The highest BCUT2D eigenvalue weighted by Crippen LogP contribution is 2.38. The maximum atomic E-state index is 15.1. The van der Waals surface area contributed by atoms with Gasteiger partial charge in [-0.25, -0.2) is 27.4 Å². The molecule has 1 aromatic carbocycles. The first kappa shape index (κ1) is 43.6. The molecule has 0 spiro atoms. The number of carbonyl (C=O) groups excluding carboxylic acids is 2. The van der Waals surface area contributed by atoms with Gasteiger partial charge in [-0.15, -0.1) is 21.5 Å². The number of methoxy groups -OCH3 is 1. The van der Waals surface area contributed by atoms with Crippen LogP contribution in [0.3, 0.4) is 0 Å². The number of nitrogens with zero attached hydrogens (tertiary/aromatic N) is 6. The highest BCUT2D eigenvalue weighted by molar-refractivity contribution is 7.85. The monoisotopic (exact) mass is 822 g/mol. The fourth-order valence-electron chi connectivity index (χ4n) is 5.70. The maximum Gasteiger partial charge on any atom is 0.411 e. The fourth-order valence-corrected chi connectivity index (χ4v) is 7.45. The molecule has 18 heteroatoms. The molecule has 3 aromatic rings. The number of hydrogen-bond acceptors (Lipinski definition) is 13. The lowest BCUT2D eigenvalue weighted by Crippen LogP contribution is -2.48. The highest BCUT2D eigenvalue weighted by atomic mass is 35.5. The Kier molecular flexibility index (Phi) is 14.8. The number of aryl methyl sites for hydroxylation is 1. The summed E-state index contributed by atoms with van der Waals surface area (Å²) in [7, 11) is 0.745. The summed E-state index contributed by atoms with van der Waals surface area (Å²) in [5.74, 6) is 4.91. The predicted molar refractivity (Wildman–Crippen MR) is 206 cm³/mol. The van der Waals surface area contributed by atoms with E-state index in [4.69, 9.17) is 25.8 Å². The fraction of sp³-hybridized carbons (Fsp3) is 0.541. The van der Waals surface area contributed by atoms with Crippen molar-refractivity contribution in [2.75, 3.05) is 71.2 Å². The van der Waals surface area contributed by atoms with E-state index in [1.165, 1.54) is 35.5 Å². The Hall–Kier alpha value is -4.08. The minimum atomic E-state index is -4.31. The number of aromatic nitrogens is 3. The number of esters is 1. The molecule has 14 nitrogen and oxygen atoms in total. The molecule has 2 aromatic heterocycles. The summed E-state index contributed by atoms with van der Waals surface area (Å²) in [6.07, 6.45) is 2.19. The van der Waals surface area contributed by atoms with Crippen LogP contribution in [0.5, 0.6) is 5.75 Å². The molecule has 0 N–H and O–H groups in total.